The van der Waals surface area contributed by atoms with Crippen molar-refractivity contribution in [2.75, 3.05) is 5.32 Å². The first kappa shape index (κ1) is 16.1. The number of carbonyl (C=O) groups excluding carboxylic acids is 1. The molecule has 6 nitrogen and oxygen atoms in total. The maximum atomic E-state index is 13.0. The third-order valence-electron chi connectivity index (χ3n) is 4.15. The van der Waals surface area contributed by atoms with Gasteiger partial charge in [0.25, 0.3) is 0 Å². The zero-order valence-electron chi connectivity index (χ0n) is 13.3. The zero-order valence-corrected chi connectivity index (χ0v) is 13.3. The average molecular weight is 359 g/mol. The molecule has 0 fully saturated rings. The van der Waals surface area contributed by atoms with Gasteiger partial charge in [-0.25, -0.2) is 4.79 Å². The van der Waals surface area contributed by atoms with Crippen LogP contribution in [0.15, 0.2) is 49.2 Å². The van der Waals surface area contributed by atoms with Gasteiger partial charge in [0, 0.05) is 17.5 Å². The topological polar surface area (TPSA) is 62.5 Å². The molecule has 132 valence electrons. The number of rotatable bonds is 2. The first-order chi connectivity index (χ1) is 12.3. The van der Waals surface area contributed by atoms with E-state index in [-0.39, 0.29) is 18.0 Å². The molecule has 0 radical (unpaired) electrons. The highest BCUT2D eigenvalue weighted by molar-refractivity contribution is 6.02. The number of hydrogen-bond donors (Lipinski definition) is 1. The smallest absolute Gasteiger partial charge is 0.307 e. The van der Waals surface area contributed by atoms with Crippen molar-refractivity contribution in [3.05, 3.63) is 66.1 Å². The maximum Gasteiger partial charge on any atom is 0.417 e. The van der Waals surface area contributed by atoms with E-state index in [0.29, 0.717) is 11.4 Å². The number of nitrogens with zero attached hydrogens (tertiary/aromatic N) is 4. The number of fused-ring (bicyclic) bond motifs is 2. The average Bonchev–Trinajstić information content (AvgIpc) is 3.00. The van der Waals surface area contributed by atoms with Gasteiger partial charge in [-0.2, -0.15) is 13.2 Å². The maximum absolute atomic E-state index is 13.0. The van der Waals surface area contributed by atoms with Crippen molar-refractivity contribution in [3.63, 3.8) is 0 Å². The van der Waals surface area contributed by atoms with Gasteiger partial charge in [0.2, 0.25) is 0 Å². The Morgan fingerprint density at radius 3 is 2.65 bits per heavy atom. The van der Waals surface area contributed by atoms with Crippen molar-refractivity contribution in [3.8, 4) is 0 Å². The lowest BCUT2D eigenvalue weighted by atomic mass is 10.1. The van der Waals surface area contributed by atoms with Gasteiger partial charge in [-0.3, -0.25) is 9.30 Å². The van der Waals surface area contributed by atoms with Crippen LogP contribution in [0.2, 0.25) is 0 Å². The Morgan fingerprint density at radius 1 is 1.12 bits per heavy atom. The molecule has 0 spiro atoms. The van der Waals surface area contributed by atoms with Gasteiger partial charge >= 0.3 is 12.2 Å². The molecule has 1 aliphatic heterocycles. The summed E-state index contributed by atoms with van der Waals surface area (Å²) >= 11 is 0. The number of hydrogen-bond acceptors (Lipinski definition) is 3. The van der Waals surface area contributed by atoms with Gasteiger partial charge in [-0.05, 0) is 18.2 Å². The lowest BCUT2D eigenvalue weighted by Crippen LogP contribution is -2.37. The van der Waals surface area contributed by atoms with E-state index >= 15 is 0 Å². The van der Waals surface area contributed by atoms with Gasteiger partial charge in [0.1, 0.15) is 0 Å². The second-order valence-corrected chi connectivity index (χ2v) is 5.77. The van der Waals surface area contributed by atoms with Crippen LogP contribution in [0.25, 0.3) is 11.3 Å². The molecule has 3 aromatic rings. The van der Waals surface area contributed by atoms with Crippen molar-refractivity contribution >= 4 is 23.1 Å². The highest BCUT2D eigenvalue weighted by atomic mass is 19.4. The number of alkyl halides is 3. The predicted molar refractivity (Wildman–Crippen MR) is 88.0 cm³/mol. The molecular weight excluding hydrogens is 347 g/mol. The van der Waals surface area contributed by atoms with Crippen LogP contribution in [0.4, 0.5) is 23.7 Å². The van der Waals surface area contributed by atoms with Crippen molar-refractivity contribution in [1.82, 2.24) is 19.5 Å². The van der Waals surface area contributed by atoms with E-state index in [1.165, 1.54) is 15.4 Å². The predicted octanol–water partition coefficient (Wildman–Crippen LogP) is 3.77. The number of nitrogens with one attached hydrogen (secondary N) is 1. The molecule has 2 amide bonds. The highest BCUT2D eigenvalue weighted by Crippen LogP contribution is 2.32. The molecule has 2 aromatic heterocycles. The minimum atomic E-state index is -4.49. The molecule has 1 aliphatic rings. The quantitative estimate of drug-likeness (QED) is 0.758. The van der Waals surface area contributed by atoms with Crippen LogP contribution < -0.4 is 5.32 Å². The van der Waals surface area contributed by atoms with Crippen LogP contribution in [-0.2, 0) is 12.7 Å². The largest absolute Gasteiger partial charge is 0.417 e. The number of halogens is 3. The van der Waals surface area contributed by atoms with Crippen molar-refractivity contribution in [1.29, 1.82) is 0 Å². The Bertz CT molecular complexity index is 1040. The lowest BCUT2D eigenvalue weighted by Gasteiger charge is -2.30. The summed E-state index contributed by atoms with van der Waals surface area (Å²) in [4.78, 5) is 13.7. The minimum Gasteiger partial charge on any atom is -0.307 e. The number of aromatic nitrogens is 3. The molecule has 1 N–H and O–H groups in total. The summed E-state index contributed by atoms with van der Waals surface area (Å²) in [5.74, 6) is 0.196. The lowest BCUT2D eigenvalue weighted by molar-refractivity contribution is -0.137. The number of para-hydroxylation sites is 1. The van der Waals surface area contributed by atoms with E-state index in [2.05, 4.69) is 22.1 Å². The number of benzene rings is 1. The normalized spacial score (nSPS) is 14.5. The third-order valence-corrected chi connectivity index (χ3v) is 4.15. The molecule has 0 bridgehead atoms. The molecule has 0 saturated heterocycles. The summed E-state index contributed by atoms with van der Waals surface area (Å²) < 4.78 is 40.1. The molecule has 9 heteroatoms. The van der Waals surface area contributed by atoms with E-state index in [4.69, 9.17) is 0 Å². The zero-order chi connectivity index (χ0) is 18.5. The molecule has 0 unspecified atom stereocenters. The number of anilines is 1. The first-order valence-electron chi connectivity index (χ1n) is 7.62. The van der Waals surface area contributed by atoms with Crippen LogP contribution in [0.1, 0.15) is 17.0 Å². The number of pyridine rings is 1. The van der Waals surface area contributed by atoms with Crippen LogP contribution >= 0.6 is 0 Å². The van der Waals surface area contributed by atoms with Crippen molar-refractivity contribution in [2.24, 2.45) is 0 Å². The Hall–Kier alpha value is -3.36. The summed E-state index contributed by atoms with van der Waals surface area (Å²) in [5, 5.41) is 10.5. The monoisotopic (exact) mass is 359 g/mol. The first-order valence-corrected chi connectivity index (χ1v) is 7.62. The summed E-state index contributed by atoms with van der Waals surface area (Å²) in [6, 6.07) is 8.88. The Labute approximate surface area is 145 Å². The summed E-state index contributed by atoms with van der Waals surface area (Å²) in [6.45, 7) is 3.86. The number of carbonyl (C=O) groups is 1. The van der Waals surface area contributed by atoms with Crippen molar-refractivity contribution in [2.45, 2.75) is 12.7 Å². The molecule has 26 heavy (non-hydrogen) atoms. The fourth-order valence-electron chi connectivity index (χ4n) is 2.82. The molecule has 0 saturated carbocycles. The van der Waals surface area contributed by atoms with E-state index < -0.39 is 17.8 Å². The van der Waals surface area contributed by atoms with Crippen LogP contribution in [-0.4, -0.2) is 25.5 Å². The van der Waals surface area contributed by atoms with E-state index in [1.54, 1.807) is 18.2 Å². The Morgan fingerprint density at radius 2 is 1.88 bits per heavy atom. The van der Waals surface area contributed by atoms with Gasteiger partial charge in [0.15, 0.2) is 11.5 Å². The second-order valence-electron chi connectivity index (χ2n) is 5.77. The fourth-order valence-corrected chi connectivity index (χ4v) is 2.82. The van der Waals surface area contributed by atoms with Gasteiger partial charge < -0.3 is 5.32 Å². The molecule has 0 atom stereocenters. The van der Waals surface area contributed by atoms with Crippen molar-refractivity contribution < 1.29 is 18.0 Å². The molecular formula is C17H12F3N5O. The Balaban J connectivity index is 1.71. The second kappa shape index (κ2) is 5.58. The highest BCUT2D eigenvalue weighted by Gasteiger charge is 2.32. The third kappa shape index (κ3) is 2.57. The number of urea groups is 1. The molecule has 3 heterocycles. The molecule has 0 aliphatic carbocycles. The van der Waals surface area contributed by atoms with Crippen LogP contribution in [0, 0.1) is 0 Å². The fraction of sp³-hybridized carbons (Fsp3) is 0.118. The van der Waals surface area contributed by atoms with Crippen LogP contribution in [0.5, 0.6) is 0 Å². The van der Waals surface area contributed by atoms with Gasteiger partial charge in [0.05, 0.1) is 17.8 Å². The van der Waals surface area contributed by atoms with Gasteiger partial charge in [-0.1, -0.05) is 24.8 Å². The van der Waals surface area contributed by atoms with E-state index in [1.807, 2.05) is 6.07 Å². The molecule has 4 rings (SSSR count). The van der Waals surface area contributed by atoms with E-state index in [0.717, 1.165) is 17.8 Å². The van der Waals surface area contributed by atoms with Gasteiger partial charge in [-0.15, -0.1) is 10.2 Å². The number of amides is 2. The molecule has 1 aromatic carbocycles. The van der Waals surface area contributed by atoms with E-state index in [9.17, 15) is 18.0 Å². The standard InChI is InChI=1S/C17H12F3N5O/c1-10-12-4-2-3-5-13(12)21-16(26)24(10)9-15-23-22-14-7-6-11(8-25(14)15)17(18,19)20/h2-8H,1,9H2,(H,21,26). The SMILES string of the molecule is C=C1c2ccccc2NC(=O)N1Cc1nnc2ccc(C(F)(F)F)cn12. The summed E-state index contributed by atoms with van der Waals surface area (Å²) in [5.41, 5.74) is 1.24. The van der Waals surface area contributed by atoms with Crippen LogP contribution in [0.3, 0.4) is 0 Å². The minimum absolute atomic E-state index is 0.0680. The Kier molecular flexibility index (Phi) is 3.46. The summed E-state index contributed by atoms with van der Waals surface area (Å²) in [7, 11) is 0. The summed E-state index contributed by atoms with van der Waals surface area (Å²) in [6.07, 6.45) is -3.57.